The molecule has 2 N–H and O–H groups in total. The van der Waals surface area contributed by atoms with Gasteiger partial charge in [-0.05, 0) is 35.7 Å². The van der Waals surface area contributed by atoms with Crippen LogP contribution in [0.4, 0.5) is 0 Å². The number of carbonyl (C=O) groups is 1. The Hall–Kier alpha value is -3.71. The summed E-state index contributed by atoms with van der Waals surface area (Å²) in [7, 11) is 1.57. The fourth-order valence-electron chi connectivity index (χ4n) is 3.78. The first-order valence-corrected chi connectivity index (χ1v) is 10.3. The van der Waals surface area contributed by atoms with Gasteiger partial charge < -0.3 is 15.2 Å². The van der Waals surface area contributed by atoms with Gasteiger partial charge in [-0.1, -0.05) is 72.8 Å². The smallest absolute Gasteiger partial charge is 0.258 e. The molecule has 0 heterocycles. The van der Waals surface area contributed by atoms with Gasteiger partial charge in [0.25, 0.3) is 5.91 Å². The highest BCUT2D eigenvalue weighted by Gasteiger charge is 2.49. The molecular weight excluding hydrogens is 408 g/mol. The Morgan fingerprint density at radius 2 is 1.56 bits per heavy atom. The van der Waals surface area contributed by atoms with Gasteiger partial charge in [0, 0.05) is 4.92 Å². The van der Waals surface area contributed by atoms with Crippen molar-refractivity contribution in [2.75, 3.05) is 13.7 Å². The van der Waals surface area contributed by atoms with Gasteiger partial charge in [-0.25, -0.2) is 0 Å². The molecule has 0 bridgehead atoms. The van der Waals surface area contributed by atoms with Crippen molar-refractivity contribution < 1.29 is 19.6 Å². The van der Waals surface area contributed by atoms with Crippen LogP contribution >= 0.6 is 0 Å². The van der Waals surface area contributed by atoms with E-state index < -0.39 is 34.9 Å². The maximum Gasteiger partial charge on any atom is 0.258 e. The molecule has 3 aromatic carbocycles. The van der Waals surface area contributed by atoms with E-state index in [1.807, 2.05) is 12.1 Å². The molecule has 3 aromatic rings. The summed E-state index contributed by atoms with van der Waals surface area (Å²) in [5, 5.41) is 26.2. The fraction of sp³-hybridized carbons (Fsp3) is 0.240. The van der Waals surface area contributed by atoms with Crippen molar-refractivity contribution in [3.63, 3.8) is 0 Å². The number of ether oxygens (including phenoxy) is 1. The number of nitrogens with one attached hydrogen (secondary N) is 1. The largest absolute Gasteiger partial charge is 0.497 e. The van der Waals surface area contributed by atoms with E-state index in [1.54, 1.807) is 86.8 Å². The summed E-state index contributed by atoms with van der Waals surface area (Å²) in [4.78, 5) is 24.6. The van der Waals surface area contributed by atoms with E-state index >= 15 is 0 Å². The summed E-state index contributed by atoms with van der Waals surface area (Å²) in [5.41, 5.74) is -0.561. The lowest BCUT2D eigenvalue weighted by Gasteiger charge is -2.34. The van der Waals surface area contributed by atoms with Crippen molar-refractivity contribution >= 4 is 5.91 Å². The van der Waals surface area contributed by atoms with Gasteiger partial charge in [0.15, 0.2) is 5.60 Å². The van der Waals surface area contributed by atoms with E-state index in [-0.39, 0.29) is 5.56 Å². The van der Waals surface area contributed by atoms with Crippen molar-refractivity contribution in [1.82, 2.24) is 5.32 Å². The summed E-state index contributed by atoms with van der Waals surface area (Å²) in [6.07, 6.45) is 0. The molecule has 3 atom stereocenters. The molecule has 3 rings (SSSR count). The number of carbonyl (C=O) groups excluding carboxylic acids is 1. The molecule has 0 aliphatic carbocycles. The van der Waals surface area contributed by atoms with Crippen LogP contribution in [0.15, 0.2) is 84.9 Å². The quantitative estimate of drug-likeness (QED) is 0.394. The maximum atomic E-state index is 13.6. The van der Waals surface area contributed by atoms with Crippen LogP contribution in [0.5, 0.6) is 5.75 Å². The van der Waals surface area contributed by atoms with Crippen LogP contribution in [-0.4, -0.2) is 29.6 Å². The van der Waals surface area contributed by atoms with Crippen LogP contribution in [-0.2, 0) is 10.4 Å². The van der Waals surface area contributed by atoms with Gasteiger partial charge in [0.1, 0.15) is 5.75 Å². The zero-order valence-electron chi connectivity index (χ0n) is 18.0. The Balaban J connectivity index is 2.02. The molecular formula is C25H26N2O5. The maximum absolute atomic E-state index is 13.6. The highest BCUT2D eigenvalue weighted by Crippen LogP contribution is 2.38. The molecule has 7 nitrogen and oxygen atoms in total. The molecule has 0 aliphatic rings. The predicted octanol–water partition coefficient (Wildman–Crippen LogP) is 3.82. The minimum absolute atomic E-state index is 0.287. The lowest BCUT2D eigenvalue weighted by molar-refractivity contribution is -0.487. The van der Waals surface area contributed by atoms with E-state index in [4.69, 9.17) is 4.74 Å². The Labute approximate surface area is 186 Å². The third-order valence-electron chi connectivity index (χ3n) is 5.56. The van der Waals surface area contributed by atoms with Gasteiger partial charge in [0.05, 0.1) is 19.1 Å². The lowest BCUT2D eigenvalue weighted by Crippen LogP contribution is -2.51. The Morgan fingerprint density at radius 1 is 1.00 bits per heavy atom. The summed E-state index contributed by atoms with van der Waals surface area (Å²) >= 11 is 0. The van der Waals surface area contributed by atoms with Gasteiger partial charge in [-0.15, -0.1) is 0 Å². The standard InChI is InChI=1S/C25H26N2O5/c1-18(19-13-15-22(32-2)16-14-19)26-24(28)25(29,21-11-7-4-8-12-21)23(17-27(30)31)20-9-5-3-6-10-20/h3-16,18,23,29H,17H2,1-2H3,(H,26,28)/t18-,23-,25+/m1/s1. The summed E-state index contributed by atoms with van der Waals surface area (Å²) in [5.74, 6) is -1.12. The number of nitrogens with zero attached hydrogens (tertiary/aromatic N) is 1. The second kappa shape index (κ2) is 10.1. The zero-order valence-corrected chi connectivity index (χ0v) is 18.0. The first kappa shape index (κ1) is 23.0. The number of methoxy groups -OCH3 is 1. The third-order valence-corrected chi connectivity index (χ3v) is 5.56. The van der Waals surface area contributed by atoms with Crippen molar-refractivity contribution in [1.29, 1.82) is 0 Å². The average Bonchev–Trinajstić information content (AvgIpc) is 2.83. The highest BCUT2D eigenvalue weighted by atomic mass is 16.6. The minimum Gasteiger partial charge on any atom is -0.497 e. The normalized spacial score (nSPS) is 14.6. The Bertz CT molecular complexity index is 1040. The number of rotatable bonds is 9. The molecule has 0 aliphatic heterocycles. The first-order chi connectivity index (χ1) is 15.4. The van der Waals surface area contributed by atoms with Gasteiger partial charge >= 0.3 is 0 Å². The molecule has 1 amide bonds. The average molecular weight is 434 g/mol. The van der Waals surface area contributed by atoms with Crippen molar-refractivity contribution in [2.24, 2.45) is 0 Å². The molecule has 0 unspecified atom stereocenters. The number of benzene rings is 3. The van der Waals surface area contributed by atoms with E-state index in [0.717, 1.165) is 5.56 Å². The number of amides is 1. The van der Waals surface area contributed by atoms with E-state index in [0.29, 0.717) is 11.3 Å². The zero-order chi connectivity index (χ0) is 23.1. The Morgan fingerprint density at radius 3 is 2.09 bits per heavy atom. The van der Waals surface area contributed by atoms with E-state index in [2.05, 4.69) is 5.32 Å². The minimum atomic E-state index is -2.16. The highest BCUT2D eigenvalue weighted by molar-refractivity contribution is 5.88. The van der Waals surface area contributed by atoms with Crippen molar-refractivity contribution in [2.45, 2.75) is 24.5 Å². The summed E-state index contributed by atoms with van der Waals surface area (Å²) < 4.78 is 5.17. The number of aliphatic hydroxyl groups is 1. The predicted molar refractivity (Wildman–Crippen MR) is 121 cm³/mol. The van der Waals surface area contributed by atoms with Crippen LogP contribution in [0.1, 0.15) is 35.6 Å². The van der Waals surface area contributed by atoms with Gasteiger partial charge in [0.2, 0.25) is 6.54 Å². The van der Waals surface area contributed by atoms with Crippen LogP contribution in [0.2, 0.25) is 0 Å². The summed E-state index contributed by atoms with van der Waals surface area (Å²) in [6.45, 7) is 1.18. The monoisotopic (exact) mass is 434 g/mol. The van der Waals surface area contributed by atoms with E-state index in [1.165, 1.54) is 0 Å². The molecule has 0 radical (unpaired) electrons. The van der Waals surface area contributed by atoms with Crippen LogP contribution < -0.4 is 10.1 Å². The number of hydrogen-bond donors (Lipinski definition) is 2. The Kier molecular flexibility index (Phi) is 7.22. The fourth-order valence-corrected chi connectivity index (χ4v) is 3.78. The van der Waals surface area contributed by atoms with Crippen molar-refractivity contribution in [3.8, 4) is 5.75 Å². The van der Waals surface area contributed by atoms with Gasteiger partial charge in [-0.2, -0.15) is 0 Å². The number of nitro groups is 1. The topological polar surface area (TPSA) is 102 Å². The van der Waals surface area contributed by atoms with Crippen LogP contribution in [0.25, 0.3) is 0 Å². The third kappa shape index (κ3) is 4.95. The molecule has 0 saturated carbocycles. The second-order valence-corrected chi connectivity index (χ2v) is 7.58. The first-order valence-electron chi connectivity index (χ1n) is 10.3. The molecule has 0 spiro atoms. The molecule has 0 saturated heterocycles. The molecule has 32 heavy (non-hydrogen) atoms. The lowest BCUT2D eigenvalue weighted by atomic mass is 9.76. The molecule has 0 aromatic heterocycles. The van der Waals surface area contributed by atoms with E-state index in [9.17, 15) is 20.0 Å². The van der Waals surface area contributed by atoms with Crippen LogP contribution in [0.3, 0.4) is 0 Å². The number of hydrogen-bond acceptors (Lipinski definition) is 5. The molecule has 0 fully saturated rings. The summed E-state index contributed by atoms with van der Waals surface area (Å²) in [6, 6.07) is 23.7. The second-order valence-electron chi connectivity index (χ2n) is 7.58. The molecule has 7 heteroatoms. The molecule has 166 valence electrons. The SMILES string of the molecule is COc1ccc([C@@H](C)NC(=O)[C@](O)(c2ccccc2)[C@H](C[N+](=O)[O-])c2ccccc2)cc1. The van der Waals surface area contributed by atoms with Gasteiger partial charge in [-0.3, -0.25) is 14.9 Å². The van der Waals surface area contributed by atoms with Crippen molar-refractivity contribution in [3.05, 3.63) is 112 Å². The van der Waals surface area contributed by atoms with Crippen LogP contribution in [0, 0.1) is 10.1 Å².